The molecule has 1 aliphatic carbocycles. The van der Waals surface area contributed by atoms with Crippen molar-refractivity contribution >= 4 is 29.9 Å². The van der Waals surface area contributed by atoms with E-state index in [1.165, 1.54) is 25.0 Å². The smallest absolute Gasteiger partial charge is 0.343 e. The van der Waals surface area contributed by atoms with Gasteiger partial charge in [-0.05, 0) is 49.9 Å². The molecule has 1 aromatic carbocycles. The van der Waals surface area contributed by atoms with E-state index in [1.54, 1.807) is 18.3 Å². The summed E-state index contributed by atoms with van der Waals surface area (Å²) in [6, 6.07) is 4.37. The Labute approximate surface area is 150 Å². The van der Waals surface area contributed by atoms with Gasteiger partial charge >= 0.3 is 6.18 Å². The highest BCUT2D eigenvalue weighted by Crippen LogP contribution is 2.27. The quantitative estimate of drug-likeness (QED) is 0.682. The molecule has 2 amide bonds. The first-order valence-electron chi connectivity index (χ1n) is 7.71. The molecular weight excluding hydrogens is 359 g/mol. The van der Waals surface area contributed by atoms with Crippen molar-refractivity contribution in [2.75, 3.05) is 25.0 Å². The molecule has 0 unspecified atom stereocenters. The highest BCUT2D eigenvalue weighted by atomic mass is 35.5. The van der Waals surface area contributed by atoms with Crippen molar-refractivity contribution in [1.82, 2.24) is 10.6 Å². The van der Waals surface area contributed by atoms with Crippen molar-refractivity contribution in [3.63, 3.8) is 0 Å². The molecule has 3 N–H and O–H groups in total. The van der Waals surface area contributed by atoms with Crippen LogP contribution in [0.2, 0.25) is 0 Å². The Bertz CT molecular complexity index is 619. The molecule has 0 aromatic heterocycles. The molecule has 25 heavy (non-hydrogen) atoms. The van der Waals surface area contributed by atoms with Crippen LogP contribution in [-0.4, -0.2) is 37.6 Å². The first-order chi connectivity index (χ1) is 11.2. The molecule has 0 heterocycles. The lowest BCUT2D eigenvalue weighted by molar-refractivity contribution is -0.123. The van der Waals surface area contributed by atoms with E-state index >= 15 is 0 Å². The van der Waals surface area contributed by atoms with E-state index in [4.69, 9.17) is 0 Å². The fraction of sp³-hybridized carbons (Fsp3) is 0.500. The van der Waals surface area contributed by atoms with Crippen molar-refractivity contribution in [3.8, 4) is 0 Å². The second-order valence-electron chi connectivity index (χ2n) is 5.95. The monoisotopic (exact) mass is 379 g/mol. The lowest BCUT2D eigenvalue weighted by atomic mass is 10.1. The standard InChI is InChI=1S/C16H20F3N3O2.ClH/c1-10-2-5-12(15(24)21-9-16(17,18)19)6-13(10)22-14(23)8-20-7-11-3-4-11;/h2,5-6,11,20H,3-4,7-9H2,1H3,(H,21,24)(H,22,23);1H. The zero-order valence-electron chi connectivity index (χ0n) is 13.7. The number of amides is 2. The lowest BCUT2D eigenvalue weighted by Gasteiger charge is -2.12. The number of carbonyl (C=O) groups is 2. The van der Waals surface area contributed by atoms with E-state index in [9.17, 15) is 22.8 Å². The van der Waals surface area contributed by atoms with Gasteiger partial charge in [0, 0.05) is 11.3 Å². The Balaban J connectivity index is 0.00000312. The number of benzene rings is 1. The molecule has 1 fully saturated rings. The minimum atomic E-state index is -4.47. The number of hydrogen-bond donors (Lipinski definition) is 3. The molecule has 0 bridgehead atoms. The highest BCUT2D eigenvalue weighted by Gasteiger charge is 2.28. The molecular formula is C16H21ClF3N3O2. The molecule has 0 aliphatic heterocycles. The van der Waals surface area contributed by atoms with Gasteiger partial charge in [0.05, 0.1) is 6.54 Å². The van der Waals surface area contributed by atoms with Crippen LogP contribution < -0.4 is 16.0 Å². The van der Waals surface area contributed by atoms with Crippen LogP contribution in [0.5, 0.6) is 0 Å². The SMILES string of the molecule is Cc1ccc(C(=O)NCC(F)(F)F)cc1NC(=O)CNCC1CC1.Cl. The highest BCUT2D eigenvalue weighted by molar-refractivity contribution is 5.98. The van der Waals surface area contributed by atoms with Gasteiger partial charge < -0.3 is 16.0 Å². The minimum Gasteiger partial charge on any atom is -0.343 e. The lowest BCUT2D eigenvalue weighted by Crippen LogP contribution is -2.33. The topological polar surface area (TPSA) is 70.2 Å². The van der Waals surface area contributed by atoms with Crippen LogP contribution in [0.25, 0.3) is 0 Å². The largest absolute Gasteiger partial charge is 0.405 e. The average Bonchev–Trinajstić information content (AvgIpc) is 3.30. The van der Waals surface area contributed by atoms with Crippen LogP contribution in [0.1, 0.15) is 28.8 Å². The summed E-state index contributed by atoms with van der Waals surface area (Å²) < 4.78 is 36.4. The van der Waals surface area contributed by atoms with E-state index < -0.39 is 18.6 Å². The summed E-state index contributed by atoms with van der Waals surface area (Å²) in [6.07, 6.45) is -2.10. The molecule has 0 radical (unpaired) electrons. The Hall–Kier alpha value is -1.80. The van der Waals surface area contributed by atoms with Crippen molar-refractivity contribution in [3.05, 3.63) is 29.3 Å². The summed E-state index contributed by atoms with van der Waals surface area (Å²) >= 11 is 0. The summed E-state index contributed by atoms with van der Waals surface area (Å²) in [5, 5.41) is 7.52. The molecule has 5 nitrogen and oxygen atoms in total. The number of aryl methyl sites for hydroxylation is 1. The Morgan fingerprint density at radius 2 is 1.92 bits per heavy atom. The van der Waals surface area contributed by atoms with Gasteiger partial charge in [0.15, 0.2) is 0 Å². The molecule has 0 spiro atoms. The zero-order valence-corrected chi connectivity index (χ0v) is 14.5. The van der Waals surface area contributed by atoms with Crippen LogP contribution in [0, 0.1) is 12.8 Å². The third-order valence-corrected chi connectivity index (χ3v) is 3.64. The van der Waals surface area contributed by atoms with Gasteiger partial charge in [-0.25, -0.2) is 0 Å². The van der Waals surface area contributed by atoms with Crippen molar-refractivity contribution in [1.29, 1.82) is 0 Å². The molecule has 1 aromatic rings. The molecule has 0 saturated heterocycles. The minimum absolute atomic E-state index is 0. The predicted octanol–water partition coefficient (Wildman–Crippen LogP) is 2.65. The molecule has 0 atom stereocenters. The van der Waals surface area contributed by atoms with E-state index in [0.29, 0.717) is 11.6 Å². The first kappa shape index (κ1) is 21.2. The van der Waals surface area contributed by atoms with Gasteiger partial charge in [0.2, 0.25) is 5.91 Å². The van der Waals surface area contributed by atoms with Crippen LogP contribution in [0.3, 0.4) is 0 Å². The van der Waals surface area contributed by atoms with Crippen LogP contribution in [0.15, 0.2) is 18.2 Å². The first-order valence-corrected chi connectivity index (χ1v) is 7.71. The predicted molar refractivity (Wildman–Crippen MR) is 91.0 cm³/mol. The van der Waals surface area contributed by atoms with E-state index in [1.807, 2.05) is 0 Å². The summed E-state index contributed by atoms with van der Waals surface area (Å²) in [5.41, 5.74) is 1.19. The van der Waals surface area contributed by atoms with Gasteiger partial charge in [-0.15, -0.1) is 12.4 Å². The molecule has 9 heteroatoms. The van der Waals surface area contributed by atoms with Crippen LogP contribution in [0.4, 0.5) is 18.9 Å². The average molecular weight is 380 g/mol. The van der Waals surface area contributed by atoms with Gasteiger partial charge in [0.25, 0.3) is 5.91 Å². The molecule has 1 saturated carbocycles. The summed E-state index contributed by atoms with van der Waals surface area (Å²) in [6.45, 7) is 1.30. The number of nitrogens with one attached hydrogen (secondary N) is 3. The second kappa shape index (κ2) is 9.05. The van der Waals surface area contributed by atoms with Gasteiger partial charge in [-0.2, -0.15) is 13.2 Å². The van der Waals surface area contributed by atoms with Crippen LogP contribution in [-0.2, 0) is 4.79 Å². The molecule has 1 aliphatic rings. The van der Waals surface area contributed by atoms with Crippen LogP contribution >= 0.6 is 12.4 Å². The third-order valence-electron chi connectivity index (χ3n) is 3.64. The van der Waals surface area contributed by atoms with Crippen molar-refractivity contribution < 1.29 is 22.8 Å². The van der Waals surface area contributed by atoms with Crippen molar-refractivity contribution in [2.24, 2.45) is 5.92 Å². The fourth-order valence-corrected chi connectivity index (χ4v) is 2.09. The number of anilines is 1. The summed E-state index contributed by atoms with van der Waals surface area (Å²) in [5.74, 6) is -0.443. The van der Waals surface area contributed by atoms with Crippen molar-refractivity contribution in [2.45, 2.75) is 25.9 Å². The van der Waals surface area contributed by atoms with E-state index in [0.717, 1.165) is 12.1 Å². The Morgan fingerprint density at radius 1 is 1.24 bits per heavy atom. The molecule has 2 rings (SSSR count). The second-order valence-corrected chi connectivity index (χ2v) is 5.95. The molecule has 140 valence electrons. The normalized spacial score (nSPS) is 13.8. The van der Waals surface area contributed by atoms with Gasteiger partial charge in [-0.3, -0.25) is 9.59 Å². The van der Waals surface area contributed by atoms with E-state index in [-0.39, 0.29) is 30.4 Å². The maximum atomic E-state index is 12.1. The summed E-state index contributed by atoms with van der Waals surface area (Å²) in [7, 11) is 0. The number of rotatable bonds is 7. The number of hydrogen-bond acceptors (Lipinski definition) is 3. The maximum Gasteiger partial charge on any atom is 0.405 e. The Morgan fingerprint density at radius 3 is 2.52 bits per heavy atom. The summed E-state index contributed by atoms with van der Waals surface area (Å²) in [4.78, 5) is 23.6. The van der Waals surface area contributed by atoms with Gasteiger partial charge in [0.1, 0.15) is 6.54 Å². The maximum absolute atomic E-state index is 12.1. The van der Waals surface area contributed by atoms with E-state index in [2.05, 4.69) is 10.6 Å². The Kier molecular flexibility index (Phi) is 7.69. The third kappa shape index (κ3) is 7.74. The number of halogens is 4. The zero-order chi connectivity index (χ0) is 17.7. The number of carbonyl (C=O) groups excluding carboxylic acids is 2. The fourth-order valence-electron chi connectivity index (χ4n) is 2.09. The van der Waals surface area contributed by atoms with Gasteiger partial charge in [-0.1, -0.05) is 6.07 Å². The number of alkyl halides is 3.